The van der Waals surface area contributed by atoms with Gasteiger partial charge in [0.2, 0.25) is 10.8 Å². The minimum Gasteiger partial charge on any atom is -0.492 e. The topological polar surface area (TPSA) is 56.9 Å². The zero-order valence-corrected chi connectivity index (χ0v) is 19.4. The standard InChI is InChI=1S/C24H24F3N5OS/c1-2-19-28-23-32(29-19)22(33)21(34-23)20(16-8-10-17(11-9-16)24(25,26)27)31-14-12-30(13-15-31)18-6-4-3-5-7-18/h3-11,20,33H,2,12-15H2,1H3/t20-/m1/s1. The summed E-state index contributed by atoms with van der Waals surface area (Å²) in [5.41, 5.74) is 1.14. The summed E-state index contributed by atoms with van der Waals surface area (Å²) in [6.07, 6.45) is -3.76. The van der Waals surface area contributed by atoms with E-state index < -0.39 is 17.8 Å². The lowest BCUT2D eigenvalue weighted by molar-refractivity contribution is -0.137. The predicted octanol–water partition coefficient (Wildman–Crippen LogP) is 4.99. The molecule has 0 radical (unpaired) electrons. The number of aromatic hydroxyl groups is 1. The second kappa shape index (κ2) is 8.92. The number of benzene rings is 2. The molecule has 1 saturated heterocycles. The van der Waals surface area contributed by atoms with Crippen molar-refractivity contribution in [2.75, 3.05) is 31.1 Å². The minimum atomic E-state index is -4.40. The Morgan fingerprint density at radius 3 is 2.26 bits per heavy atom. The van der Waals surface area contributed by atoms with Crippen LogP contribution in [0.1, 0.15) is 34.8 Å². The van der Waals surface area contributed by atoms with Crippen molar-refractivity contribution in [1.29, 1.82) is 0 Å². The first-order chi connectivity index (χ1) is 16.3. The quantitative estimate of drug-likeness (QED) is 0.430. The Bertz CT molecular complexity index is 1260. The molecule has 34 heavy (non-hydrogen) atoms. The number of halogens is 3. The molecule has 1 aliphatic heterocycles. The van der Waals surface area contributed by atoms with E-state index in [-0.39, 0.29) is 5.88 Å². The Kier molecular flexibility index (Phi) is 5.95. The summed E-state index contributed by atoms with van der Waals surface area (Å²) in [6.45, 7) is 4.85. The van der Waals surface area contributed by atoms with Crippen LogP contribution in [0.5, 0.6) is 5.88 Å². The summed E-state index contributed by atoms with van der Waals surface area (Å²) in [7, 11) is 0. The molecular formula is C24H24F3N5OS. The molecule has 5 rings (SSSR count). The van der Waals surface area contributed by atoms with E-state index in [1.165, 1.54) is 28.0 Å². The van der Waals surface area contributed by atoms with E-state index in [1.54, 1.807) is 0 Å². The van der Waals surface area contributed by atoms with Crippen molar-refractivity contribution < 1.29 is 18.3 Å². The largest absolute Gasteiger partial charge is 0.492 e. The van der Waals surface area contributed by atoms with E-state index in [2.05, 4.69) is 32.0 Å². The molecule has 1 fully saturated rings. The van der Waals surface area contributed by atoms with Crippen LogP contribution in [0.25, 0.3) is 4.96 Å². The maximum atomic E-state index is 13.2. The Hall–Kier alpha value is -3.11. The summed E-state index contributed by atoms with van der Waals surface area (Å²) in [5.74, 6) is 0.623. The Morgan fingerprint density at radius 1 is 1.00 bits per heavy atom. The van der Waals surface area contributed by atoms with Gasteiger partial charge in [-0.15, -0.1) is 5.10 Å². The molecular weight excluding hydrogens is 463 g/mol. The number of piperazine rings is 1. The van der Waals surface area contributed by atoms with Gasteiger partial charge in [0.05, 0.1) is 16.5 Å². The number of aromatic nitrogens is 3. The van der Waals surface area contributed by atoms with Gasteiger partial charge in [-0.05, 0) is 29.8 Å². The number of alkyl halides is 3. The van der Waals surface area contributed by atoms with Gasteiger partial charge in [0, 0.05) is 38.3 Å². The first-order valence-electron chi connectivity index (χ1n) is 11.1. The smallest absolute Gasteiger partial charge is 0.416 e. The first-order valence-corrected chi connectivity index (χ1v) is 12.0. The Morgan fingerprint density at radius 2 is 1.68 bits per heavy atom. The molecule has 0 amide bonds. The summed E-state index contributed by atoms with van der Waals surface area (Å²) in [5, 5.41) is 15.4. The van der Waals surface area contributed by atoms with Gasteiger partial charge in [-0.25, -0.2) is 4.98 Å². The number of rotatable bonds is 5. The molecule has 0 bridgehead atoms. The third-order valence-corrected chi connectivity index (χ3v) is 7.24. The molecule has 6 nitrogen and oxygen atoms in total. The van der Waals surface area contributed by atoms with Crippen LogP contribution in [0.15, 0.2) is 54.6 Å². The van der Waals surface area contributed by atoms with Crippen molar-refractivity contribution in [1.82, 2.24) is 19.5 Å². The molecule has 4 aromatic rings. The van der Waals surface area contributed by atoms with Gasteiger partial charge >= 0.3 is 6.18 Å². The van der Waals surface area contributed by atoms with Gasteiger partial charge in [-0.3, -0.25) is 4.90 Å². The van der Waals surface area contributed by atoms with Crippen LogP contribution in [0.2, 0.25) is 0 Å². The Labute approximate surface area is 198 Å². The monoisotopic (exact) mass is 487 g/mol. The van der Waals surface area contributed by atoms with Crippen molar-refractivity contribution >= 4 is 22.0 Å². The van der Waals surface area contributed by atoms with Gasteiger partial charge in [0.15, 0.2) is 5.82 Å². The molecule has 2 aromatic heterocycles. The normalized spacial score (nSPS) is 16.3. The van der Waals surface area contributed by atoms with Gasteiger partial charge in [-0.2, -0.15) is 17.7 Å². The van der Waals surface area contributed by atoms with Gasteiger partial charge in [0.25, 0.3) is 0 Å². The van der Waals surface area contributed by atoms with E-state index in [4.69, 9.17) is 0 Å². The van der Waals surface area contributed by atoms with Crippen LogP contribution in [0, 0.1) is 0 Å². The summed E-state index contributed by atoms with van der Waals surface area (Å²) in [4.78, 5) is 10.2. The lowest BCUT2D eigenvalue weighted by Gasteiger charge is -2.40. The van der Waals surface area contributed by atoms with E-state index in [0.717, 1.165) is 30.9 Å². The van der Waals surface area contributed by atoms with Crippen LogP contribution in [0.4, 0.5) is 18.9 Å². The second-order valence-electron chi connectivity index (χ2n) is 8.25. The molecule has 178 valence electrons. The Balaban J connectivity index is 1.49. The molecule has 10 heteroatoms. The number of hydrogen-bond donors (Lipinski definition) is 1. The van der Waals surface area contributed by atoms with E-state index in [1.807, 2.05) is 25.1 Å². The molecule has 0 unspecified atom stereocenters. The highest BCUT2D eigenvalue weighted by Crippen LogP contribution is 2.41. The summed E-state index contributed by atoms with van der Waals surface area (Å²) in [6, 6.07) is 14.9. The zero-order valence-electron chi connectivity index (χ0n) is 18.5. The van der Waals surface area contributed by atoms with Crippen LogP contribution in [0.3, 0.4) is 0 Å². The number of para-hydroxylation sites is 1. The minimum absolute atomic E-state index is 0.0115. The maximum absolute atomic E-state index is 13.2. The third-order valence-electron chi connectivity index (χ3n) is 6.16. The molecule has 0 aliphatic carbocycles. The highest BCUT2D eigenvalue weighted by molar-refractivity contribution is 7.17. The van der Waals surface area contributed by atoms with Crippen LogP contribution in [-0.4, -0.2) is 50.8 Å². The average molecular weight is 488 g/mol. The zero-order chi connectivity index (χ0) is 23.9. The van der Waals surface area contributed by atoms with Gasteiger partial charge < -0.3 is 10.0 Å². The number of thiazole rings is 1. The van der Waals surface area contributed by atoms with Crippen molar-refractivity contribution in [3.05, 3.63) is 76.4 Å². The van der Waals surface area contributed by atoms with Crippen molar-refractivity contribution in [2.24, 2.45) is 0 Å². The third kappa shape index (κ3) is 4.23. The van der Waals surface area contributed by atoms with E-state index in [9.17, 15) is 18.3 Å². The summed E-state index contributed by atoms with van der Waals surface area (Å²) < 4.78 is 40.9. The highest BCUT2D eigenvalue weighted by atomic mass is 32.1. The van der Waals surface area contributed by atoms with Gasteiger partial charge in [0.1, 0.15) is 0 Å². The molecule has 0 saturated carbocycles. The number of nitrogens with zero attached hydrogens (tertiary/aromatic N) is 5. The van der Waals surface area contributed by atoms with Crippen molar-refractivity contribution in [3.8, 4) is 5.88 Å². The second-order valence-corrected chi connectivity index (χ2v) is 9.26. The lowest BCUT2D eigenvalue weighted by Crippen LogP contribution is -2.47. The van der Waals surface area contributed by atoms with E-state index >= 15 is 0 Å². The number of aryl methyl sites for hydroxylation is 1. The lowest BCUT2D eigenvalue weighted by atomic mass is 10.0. The number of hydrogen-bond acceptors (Lipinski definition) is 6. The first kappa shape index (κ1) is 22.7. The molecule has 3 heterocycles. The number of anilines is 1. The van der Waals surface area contributed by atoms with Crippen LogP contribution >= 0.6 is 11.3 Å². The van der Waals surface area contributed by atoms with Crippen molar-refractivity contribution in [3.63, 3.8) is 0 Å². The van der Waals surface area contributed by atoms with E-state index in [0.29, 0.717) is 40.7 Å². The molecule has 1 N–H and O–H groups in total. The molecule has 2 aromatic carbocycles. The molecule has 1 atom stereocenters. The highest BCUT2D eigenvalue weighted by Gasteiger charge is 2.34. The summed E-state index contributed by atoms with van der Waals surface area (Å²) >= 11 is 1.33. The fourth-order valence-electron chi connectivity index (χ4n) is 4.38. The van der Waals surface area contributed by atoms with Gasteiger partial charge in [-0.1, -0.05) is 48.6 Å². The fourth-order valence-corrected chi connectivity index (χ4v) is 5.51. The van der Waals surface area contributed by atoms with Crippen molar-refractivity contribution in [2.45, 2.75) is 25.6 Å². The fraction of sp³-hybridized carbons (Fsp3) is 0.333. The molecule has 0 spiro atoms. The van der Waals surface area contributed by atoms with Crippen LogP contribution < -0.4 is 4.90 Å². The molecule has 1 aliphatic rings. The predicted molar refractivity (Wildman–Crippen MR) is 125 cm³/mol. The number of fused-ring (bicyclic) bond motifs is 1. The SMILES string of the molecule is CCc1nc2sc([C@@H](c3ccc(C(F)(F)F)cc3)N3CCN(c4ccccc4)CC3)c(O)n2n1. The van der Waals surface area contributed by atoms with Crippen LogP contribution in [-0.2, 0) is 12.6 Å². The maximum Gasteiger partial charge on any atom is 0.416 e. The average Bonchev–Trinajstić information content (AvgIpc) is 3.39.